The molecule has 0 bridgehead atoms. The Morgan fingerprint density at radius 2 is 1.71 bits per heavy atom. The zero-order valence-corrected chi connectivity index (χ0v) is 9.68. The van der Waals surface area contributed by atoms with Crippen LogP contribution >= 0.6 is 22.6 Å². The van der Waals surface area contributed by atoms with Crippen molar-refractivity contribution < 1.29 is 36.2 Å². The number of alkyl halides is 6. The number of pyridine rings is 1. The van der Waals surface area contributed by atoms with E-state index in [0.29, 0.717) is 6.20 Å². The summed E-state index contributed by atoms with van der Waals surface area (Å²) in [7, 11) is 0. The van der Waals surface area contributed by atoms with E-state index < -0.39 is 33.3 Å². The smallest absolute Gasteiger partial charge is 0.503 e. The van der Waals surface area contributed by atoms with E-state index in [9.17, 15) is 26.3 Å². The first-order valence-corrected chi connectivity index (χ1v) is 4.80. The predicted octanol–water partition coefficient (Wildman–Crippen LogP) is 3.31. The minimum absolute atomic E-state index is 0.518. The van der Waals surface area contributed by atoms with E-state index >= 15 is 0 Å². The van der Waals surface area contributed by atoms with Gasteiger partial charge < -0.3 is 9.84 Å². The standard InChI is InChI=1S/C7H2F6INO2/c8-6(9,10)3-2(14)1-15-5(4(3)16)17-7(11,12)13/h1,16H. The Bertz CT molecular complexity index is 430. The summed E-state index contributed by atoms with van der Waals surface area (Å²) in [5.41, 5.74) is -1.62. The average molecular weight is 373 g/mol. The maximum atomic E-state index is 12.4. The van der Waals surface area contributed by atoms with Gasteiger partial charge in [0.2, 0.25) is 0 Å². The molecule has 1 N–H and O–H groups in total. The molecule has 0 aliphatic carbocycles. The highest BCUT2D eigenvalue weighted by Gasteiger charge is 2.40. The Kier molecular flexibility index (Phi) is 3.64. The third kappa shape index (κ3) is 3.51. The van der Waals surface area contributed by atoms with E-state index in [1.165, 1.54) is 22.6 Å². The molecule has 17 heavy (non-hydrogen) atoms. The summed E-state index contributed by atoms with van der Waals surface area (Å²) in [4.78, 5) is 2.94. The predicted molar refractivity (Wildman–Crippen MR) is 50.3 cm³/mol. The highest BCUT2D eigenvalue weighted by molar-refractivity contribution is 14.1. The lowest BCUT2D eigenvalue weighted by Gasteiger charge is -2.14. The highest BCUT2D eigenvalue weighted by Crippen LogP contribution is 2.43. The summed E-state index contributed by atoms with van der Waals surface area (Å²) in [6, 6.07) is 0. The number of rotatable bonds is 1. The minimum Gasteiger partial charge on any atom is -0.503 e. The Hall–Kier alpha value is -0.940. The molecule has 1 rings (SSSR count). The molecule has 0 aromatic carbocycles. The summed E-state index contributed by atoms with van der Waals surface area (Å²) < 4.78 is 75.2. The van der Waals surface area contributed by atoms with E-state index in [4.69, 9.17) is 5.11 Å². The van der Waals surface area contributed by atoms with Gasteiger partial charge in [0.15, 0.2) is 5.75 Å². The van der Waals surface area contributed by atoms with Gasteiger partial charge in [0.1, 0.15) is 5.56 Å². The molecule has 0 atom stereocenters. The number of aromatic nitrogens is 1. The average Bonchev–Trinajstić information content (AvgIpc) is 2.06. The molecular formula is C7H2F6INO2. The lowest BCUT2D eigenvalue weighted by molar-refractivity contribution is -0.276. The van der Waals surface area contributed by atoms with Crippen molar-refractivity contribution in [2.24, 2.45) is 0 Å². The molecule has 1 heterocycles. The van der Waals surface area contributed by atoms with Gasteiger partial charge in [-0.1, -0.05) is 0 Å². The molecule has 0 unspecified atom stereocenters. The van der Waals surface area contributed by atoms with Gasteiger partial charge in [-0.25, -0.2) is 4.98 Å². The molecule has 96 valence electrons. The number of hydrogen-bond acceptors (Lipinski definition) is 3. The van der Waals surface area contributed by atoms with Crippen molar-refractivity contribution in [1.82, 2.24) is 4.98 Å². The molecule has 0 spiro atoms. The van der Waals surface area contributed by atoms with E-state index in [1.807, 2.05) is 0 Å². The van der Waals surface area contributed by atoms with Gasteiger partial charge in [-0.15, -0.1) is 13.2 Å². The third-order valence-electron chi connectivity index (χ3n) is 1.47. The Morgan fingerprint density at radius 3 is 2.12 bits per heavy atom. The molecule has 0 saturated carbocycles. The molecule has 0 amide bonds. The monoisotopic (exact) mass is 373 g/mol. The van der Waals surface area contributed by atoms with Gasteiger partial charge in [-0.05, 0) is 22.6 Å². The van der Waals surface area contributed by atoms with Crippen molar-refractivity contribution in [3.05, 3.63) is 15.3 Å². The molecule has 10 heteroatoms. The maximum Gasteiger partial charge on any atom is 0.574 e. The highest BCUT2D eigenvalue weighted by atomic mass is 127. The summed E-state index contributed by atoms with van der Waals surface area (Å²) in [6.45, 7) is 0. The number of ether oxygens (including phenoxy) is 1. The Labute approximate surface area is 104 Å². The van der Waals surface area contributed by atoms with Crippen LogP contribution in [0.3, 0.4) is 0 Å². The quantitative estimate of drug-likeness (QED) is 0.607. The molecule has 0 radical (unpaired) electrons. The number of nitrogens with zero attached hydrogens (tertiary/aromatic N) is 1. The van der Waals surface area contributed by atoms with Crippen LogP contribution in [0, 0.1) is 3.57 Å². The Balaban J connectivity index is 3.30. The second-order valence-electron chi connectivity index (χ2n) is 2.68. The third-order valence-corrected chi connectivity index (χ3v) is 2.29. The van der Waals surface area contributed by atoms with Crippen LogP contribution in [0.5, 0.6) is 11.6 Å². The number of aromatic hydroxyl groups is 1. The summed E-state index contributed by atoms with van der Waals surface area (Å²) in [6.07, 6.45) is -9.72. The SMILES string of the molecule is Oc1c(OC(F)(F)F)ncc(I)c1C(F)(F)F. The molecule has 3 nitrogen and oxygen atoms in total. The van der Waals surface area contributed by atoms with Crippen molar-refractivity contribution in [2.75, 3.05) is 0 Å². The fourth-order valence-electron chi connectivity index (χ4n) is 0.915. The van der Waals surface area contributed by atoms with Crippen molar-refractivity contribution in [2.45, 2.75) is 12.5 Å². The molecule has 0 aliphatic heterocycles. The van der Waals surface area contributed by atoms with Crippen molar-refractivity contribution in [1.29, 1.82) is 0 Å². The van der Waals surface area contributed by atoms with Gasteiger partial charge in [0.05, 0.1) is 0 Å². The van der Waals surface area contributed by atoms with Gasteiger partial charge in [-0.3, -0.25) is 0 Å². The number of halogens is 7. The van der Waals surface area contributed by atoms with Crippen LogP contribution in [0.4, 0.5) is 26.3 Å². The lowest BCUT2D eigenvalue weighted by Crippen LogP contribution is -2.19. The van der Waals surface area contributed by atoms with Crippen LogP contribution in [-0.4, -0.2) is 16.5 Å². The molecule has 1 aromatic rings. The van der Waals surface area contributed by atoms with Gasteiger partial charge >= 0.3 is 12.5 Å². The molecule has 0 aliphatic rings. The molecular weight excluding hydrogens is 371 g/mol. The fraction of sp³-hybridized carbons (Fsp3) is 0.286. The van der Waals surface area contributed by atoms with Gasteiger partial charge in [0, 0.05) is 9.77 Å². The molecule has 1 aromatic heterocycles. The second-order valence-corrected chi connectivity index (χ2v) is 3.84. The molecule has 0 saturated heterocycles. The van der Waals surface area contributed by atoms with Gasteiger partial charge in [0.25, 0.3) is 5.88 Å². The van der Waals surface area contributed by atoms with Crippen molar-refractivity contribution >= 4 is 22.6 Å². The zero-order chi connectivity index (χ0) is 13.4. The second kappa shape index (κ2) is 4.38. The zero-order valence-electron chi connectivity index (χ0n) is 7.53. The summed E-state index contributed by atoms with van der Waals surface area (Å²) >= 11 is 1.19. The first-order valence-electron chi connectivity index (χ1n) is 3.73. The van der Waals surface area contributed by atoms with Gasteiger partial charge in [-0.2, -0.15) is 13.2 Å². The summed E-state index contributed by atoms with van der Waals surface area (Å²) in [5.74, 6) is -3.23. The van der Waals surface area contributed by atoms with E-state index in [-0.39, 0.29) is 0 Å². The van der Waals surface area contributed by atoms with Crippen molar-refractivity contribution in [3.63, 3.8) is 0 Å². The van der Waals surface area contributed by atoms with Crippen LogP contribution in [0.1, 0.15) is 5.56 Å². The van der Waals surface area contributed by atoms with E-state index in [0.717, 1.165) is 0 Å². The maximum absolute atomic E-state index is 12.4. The van der Waals surface area contributed by atoms with Crippen LogP contribution in [0.25, 0.3) is 0 Å². The number of hydrogen-bond donors (Lipinski definition) is 1. The minimum atomic E-state index is -5.24. The lowest BCUT2D eigenvalue weighted by atomic mass is 10.2. The van der Waals surface area contributed by atoms with Crippen LogP contribution in [-0.2, 0) is 6.18 Å². The molecule has 0 fully saturated rings. The normalized spacial score (nSPS) is 12.6. The first-order chi connectivity index (χ1) is 7.52. The first kappa shape index (κ1) is 14.1. The van der Waals surface area contributed by atoms with Crippen LogP contribution in [0.15, 0.2) is 6.20 Å². The Morgan fingerprint density at radius 1 is 1.18 bits per heavy atom. The topological polar surface area (TPSA) is 42.4 Å². The summed E-state index contributed by atoms with van der Waals surface area (Å²) in [5, 5.41) is 9.06. The van der Waals surface area contributed by atoms with E-state index in [1.54, 1.807) is 0 Å². The largest absolute Gasteiger partial charge is 0.574 e. The van der Waals surface area contributed by atoms with Crippen LogP contribution < -0.4 is 4.74 Å². The van der Waals surface area contributed by atoms with E-state index in [2.05, 4.69) is 9.72 Å². The van der Waals surface area contributed by atoms with Crippen LogP contribution in [0.2, 0.25) is 0 Å². The fourth-order valence-corrected chi connectivity index (χ4v) is 1.62. The van der Waals surface area contributed by atoms with Crippen molar-refractivity contribution in [3.8, 4) is 11.6 Å².